The second-order valence-electron chi connectivity index (χ2n) is 5.99. The molecule has 1 atom stereocenters. The fourth-order valence-electron chi connectivity index (χ4n) is 2.69. The van der Waals surface area contributed by atoms with Crippen molar-refractivity contribution in [3.8, 4) is 0 Å². The minimum Gasteiger partial charge on any atom is -0.366 e. The lowest BCUT2D eigenvalue weighted by Gasteiger charge is -2.33. The summed E-state index contributed by atoms with van der Waals surface area (Å²) < 4.78 is 0. The molecule has 6 heteroatoms. The summed E-state index contributed by atoms with van der Waals surface area (Å²) in [6, 6.07) is 0. The number of nitrogens with zero attached hydrogens (tertiary/aromatic N) is 1. The highest BCUT2D eigenvalue weighted by Gasteiger charge is 2.38. The van der Waals surface area contributed by atoms with Gasteiger partial charge in [-0.3, -0.25) is 9.59 Å². The number of primary amides is 1. The molecule has 0 spiro atoms. The number of aromatic nitrogens is 1. The zero-order valence-electron chi connectivity index (χ0n) is 13.6. The molecule has 2 rings (SSSR count). The highest BCUT2D eigenvalue weighted by molar-refractivity contribution is 7.09. The number of unbranched alkanes of at least 4 members (excludes halogenated alkanes) is 2. The lowest BCUT2D eigenvalue weighted by Crippen LogP contribution is -2.39. The average molecular weight is 333 g/mol. The Morgan fingerprint density at radius 1 is 1.39 bits per heavy atom. The Kier molecular flexibility index (Phi) is 5.71. The van der Waals surface area contributed by atoms with Crippen LogP contribution in [0.3, 0.4) is 0 Å². The molecule has 1 unspecified atom stereocenters. The monoisotopic (exact) mass is 333 g/mol. The number of allylic oxidation sites excluding steroid dienone is 3. The van der Waals surface area contributed by atoms with E-state index in [4.69, 9.17) is 5.73 Å². The first-order valence-corrected chi connectivity index (χ1v) is 8.76. The average Bonchev–Trinajstić information content (AvgIpc) is 3.04. The molecule has 0 aliphatic heterocycles. The lowest BCUT2D eigenvalue weighted by atomic mass is 9.77. The molecule has 0 saturated heterocycles. The van der Waals surface area contributed by atoms with Crippen molar-refractivity contribution in [3.05, 3.63) is 40.0 Å². The van der Waals surface area contributed by atoms with Crippen LogP contribution in [-0.4, -0.2) is 16.8 Å². The van der Waals surface area contributed by atoms with Crippen molar-refractivity contribution in [1.29, 1.82) is 0 Å². The molecule has 0 radical (unpaired) electrons. The van der Waals surface area contributed by atoms with E-state index in [1.807, 2.05) is 12.3 Å². The molecule has 1 aromatic rings. The molecule has 0 aromatic carbocycles. The predicted octanol–water partition coefficient (Wildman–Crippen LogP) is 2.80. The van der Waals surface area contributed by atoms with Gasteiger partial charge in [-0.15, -0.1) is 11.3 Å². The number of carbonyl (C=O) groups excluding carboxylic acids is 2. The summed E-state index contributed by atoms with van der Waals surface area (Å²) in [7, 11) is 0. The number of thiazole rings is 1. The van der Waals surface area contributed by atoms with Crippen molar-refractivity contribution in [1.82, 2.24) is 10.3 Å². The fraction of sp³-hybridized carbons (Fsp3) is 0.471. The van der Waals surface area contributed by atoms with Crippen molar-refractivity contribution in [3.63, 3.8) is 0 Å². The van der Waals surface area contributed by atoms with Crippen LogP contribution >= 0.6 is 11.3 Å². The SMILES string of the molecule is CCCCCC(=O)NC1=CC=C(C(N)=O)CC1(C)c1nccs1. The molecule has 3 N–H and O–H groups in total. The van der Waals surface area contributed by atoms with Crippen LogP contribution in [0.2, 0.25) is 0 Å². The molecule has 2 amide bonds. The fourth-order valence-corrected chi connectivity index (χ4v) is 3.50. The third-order valence-corrected chi connectivity index (χ3v) is 5.13. The molecular formula is C17H23N3O2S. The van der Waals surface area contributed by atoms with Crippen LogP contribution in [0.1, 0.15) is 51.0 Å². The van der Waals surface area contributed by atoms with Crippen LogP contribution in [0.4, 0.5) is 0 Å². The van der Waals surface area contributed by atoms with Gasteiger partial charge < -0.3 is 11.1 Å². The molecule has 124 valence electrons. The van der Waals surface area contributed by atoms with Crippen LogP contribution in [0.25, 0.3) is 0 Å². The number of amides is 2. The Morgan fingerprint density at radius 2 is 2.17 bits per heavy atom. The summed E-state index contributed by atoms with van der Waals surface area (Å²) in [6.45, 7) is 4.09. The summed E-state index contributed by atoms with van der Waals surface area (Å²) >= 11 is 1.51. The van der Waals surface area contributed by atoms with Gasteiger partial charge in [0.15, 0.2) is 0 Å². The summed E-state index contributed by atoms with van der Waals surface area (Å²) in [5.41, 5.74) is 6.22. The molecule has 0 fully saturated rings. The van der Waals surface area contributed by atoms with Gasteiger partial charge in [0.1, 0.15) is 5.01 Å². The third-order valence-electron chi connectivity index (χ3n) is 4.09. The molecule has 0 bridgehead atoms. The lowest BCUT2D eigenvalue weighted by molar-refractivity contribution is -0.120. The Hall–Kier alpha value is -1.95. The molecule has 5 nitrogen and oxygen atoms in total. The molecule has 23 heavy (non-hydrogen) atoms. The van der Waals surface area contributed by atoms with Gasteiger partial charge in [-0.2, -0.15) is 0 Å². The summed E-state index contributed by atoms with van der Waals surface area (Å²) in [6.07, 6.45) is 9.16. The number of rotatable bonds is 7. The molecule has 1 aromatic heterocycles. The molecule has 1 aliphatic rings. The van der Waals surface area contributed by atoms with Crippen LogP contribution < -0.4 is 11.1 Å². The van der Waals surface area contributed by atoms with Gasteiger partial charge in [0.25, 0.3) is 0 Å². The highest BCUT2D eigenvalue weighted by Crippen LogP contribution is 2.40. The smallest absolute Gasteiger partial charge is 0.244 e. The number of carbonyl (C=O) groups is 2. The number of hydrogen-bond donors (Lipinski definition) is 2. The van der Waals surface area contributed by atoms with E-state index in [1.54, 1.807) is 18.3 Å². The van der Waals surface area contributed by atoms with Gasteiger partial charge in [0.05, 0.1) is 5.41 Å². The normalized spacial score (nSPS) is 20.6. The standard InChI is InChI=1S/C17H23N3O2S/c1-3-4-5-6-14(21)20-13-8-7-12(15(18)22)11-17(13,2)16-19-9-10-23-16/h7-10H,3-6,11H2,1-2H3,(H2,18,22)(H,20,21). The third kappa shape index (κ3) is 4.07. The first kappa shape index (κ1) is 17.4. The Morgan fingerprint density at radius 3 is 2.78 bits per heavy atom. The van der Waals surface area contributed by atoms with Crippen LogP contribution in [-0.2, 0) is 15.0 Å². The van der Waals surface area contributed by atoms with Gasteiger partial charge in [-0.05, 0) is 25.8 Å². The van der Waals surface area contributed by atoms with Crippen molar-refractivity contribution < 1.29 is 9.59 Å². The van der Waals surface area contributed by atoms with Crippen molar-refractivity contribution in [2.45, 2.75) is 51.4 Å². The van der Waals surface area contributed by atoms with E-state index in [0.29, 0.717) is 18.4 Å². The van der Waals surface area contributed by atoms with E-state index < -0.39 is 11.3 Å². The number of nitrogens with one attached hydrogen (secondary N) is 1. The van der Waals surface area contributed by atoms with Crippen molar-refractivity contribution in [2.75, 3.05) is 0 Å². The summed E-state index contributed by atoms with van der Waals surface area (Å²) in [5.74, 6) is -0.430. The van der Waals surface area contributed by atoms with Gasteiger partial charge in [-0.1, -0.05) is 25.8 Å². The van der Waals surface area contributed by atoms with Crippen molar-refractivity contribution >= 4 is 23.2 Å². The molecule has 0 saturated carbocycles. The Bertz CT molecular complexity index is 634. The van der Waals surface area contributed by atoms with E-state index in [9.17, 15) is 9.59 Å². The summed E-state index contributed by atoms with van der Waals surface area (Å²) in [5, 5.41) is 5.77. The largest absolute Gasteiger partial charge is 0.366 e. The maximum atomic E-state index is 12.2. The van der Waals surface area contributed by atoms with Crippen LogP contribution in [0, 0.1) is 0 Å². The number of hydrogen-bond acceptors (Lipinski definition) is 4. The second kappa shape index (κ2) is 7.55. The minimum absolute atomic E-state index is 0.00315. The summed E-state index contributed by atoms with van der Waals surface area (Å²) in [4.78, 5) is 28.1. The Balaban J connectivity index is 2.22. The van der Waals surface area contributed by atoms with Gasteiger partial charge in [0.2, 0.25) is 11.8 Å². The number of nitrogens with two attached hydrogens (primary N) is 1. The quantitative estimate of drug-likeness (QED) is 0.752. The van der Waals surface area contributed by atoms with Crippen LogP contribution in [0.15, 0.2) is 35.0 Å². The van der Waals surface area contributed by atoms with Gasteiger partial charge in [0, 0.05) is 29.3 Å². The first-order valence-electron chi connectivity index (χ1n) is 7.88. The van der Waals surface area contributed by atoms with Gasteiger partial charge in [-0.25, -0.2) is 4.98 Å². The predicted molar refractivity (Wildman–Crippen MR) is 91.7 cm³/mol. The maximum absolute atomic E-state index is 12.2. The Labute approximate surface area is 140 Å². The molecule has 1 heterocycles. The van der Waals surface area contributed by atoms with E-state index in [-0.39, 0.29) is 5.91 Å². The van der Waals surface area contributed by atoms with E-state index in [2.05, 4.69) is 17.2 Å². The van der Waals surface area contributed by atoms with E-state index >= 15 is 0 Å². The first-order chi connectivity index (χ1) is 11.0. The molecular weight excluding hydrogens is 310 g/mol. The second-order valence-corrected chi connectivity index (χ2v) is 6.88. The topological polar surface area (TPSA) is 85.1 Å². The highest BCUT2D eigenvalue weighted by atomic mass is 32.1. The zero-order chi connectivity index (χ0) is 16.9. The van der Waals surface area contributed by atoms with Crippen molar-refractivity contribution in [2.24, 2.45) is 5.73 Å². The van der Waals surface area contributed by atoms with E-state index in [1.165, 1.54) is 11.3 Å². The zero-order valence-corrected chi connectivity index (χ0v) is 14.4. The van der Waals surface area contributed by atoms with Gasteiger partial charge >= 0.3 is 0 Å². The molecule has 1 aliphatic carbocycles. The van der Waals surface area contributed by atoms with E-state index in [0.717, 1.165) is 30.0 Å². The maximum Gasteiger partial charge on any atom is 0.244 e. The minimum atomic E-state index is -0.534. The van der Waals surface area contributed by atoms with Crippen LogP contribution in [0.5, 0.6) is 0 Å².